The molecule has 31 heavy (non-hydrogen) atoms. The number of benzene rings is 1. The van der Waals surface area contributed by atoms with Crippen LogP contribution in [0.3, 0.4) is 0 Å². The average molecular weight is 418 g/mol. The number of rotatable bonds is 3. The van der Waals surface area contributed by atoms with Gasteiger partial charge in [0.1, 0.15) is 17.3 Å². The highest BCUT2D eigenvalue weighted by atomic mass is 19.1. The third-order valence-corrected chi connectivity index (χ3v) is 5.58. The average Bonchev–Trinajstić information content (AvgIpc) is 3.24. The molecule has 5 rings (SSSR count). The Balaban J connectivity index is 1.33. The summed E-state index contributed by atoms with van der Waals surface area (Å²) in [6.07, 6.45) is 3.48. The molecule has 0 radical (unpaired) electrons. The summed E-state index contributed by atoms with van der Waals surface area (Å²) >= 11 is 0. The number of piperidine rings is 1. The molecule has 3 aromatic heterocycles. The van der Waals surface area contributed by atoms with Gasteiger partial charge in [0.05, 0.1) is 5.69 Å². The molecule has 9 heteroatoms. The number of carbonyl (C=O) groups is 1. The number of pyridine rings is 1. The van der Waals surface area contributed by atoms with Crippen molar-refractivity contribution in [3.8, 4) is 5.69 Å². The molecule has 1 aliphatic rings. The van der Waals surface area contributed by atoms with Gasteiger partial charge in [-0.1, -0.05) is 6.07 Å². The molecular formula is C22H19FN6O2. The van der Waals surface area contributed by atoms with E-state index in [2.05, 4.69) is 15.3 Å². The molecule has 0 bridgehead atoms. The van der Waals surface area contributed by atoms with Crippen LogP contribution in [0.4, 0.5) is 4.39 Å². The summed E-state index contributed by atoms with van der Waals surface area (Å²) in [4.78, 5) is 27.0. The van der Waals surface area contributed by atoms with Crippen molar-refractivity contribution < 1.29 is 9.18 Å². The molecule has 1 aromatic carbocycles. The van der Waals surface area contributed by atoms with Crippen molar-refractivity contribution in [3.63, 3.8) is 0 Å². The molecule has 4 aromatic rings. The van der Waals surface area contributed by atoms with E-state index in [1.807, 2.05) is 28.8 Å². The second-order valence-electron chi connectivity index (χ2n) is 7.50. The fraction of sp³-hybridized carbons (Fsp3) is 0.227. The van der Waals surface area contributed by atoms with E-state index < -0.39 is 5.82 Å². The van der Waals surface area contributed by atoms with E-state index in [0.29, 0.717) is 18.8 Å². The molecular weight excluding hydrogens is 399 g/mol. The van der Waals surface area contributed by atoms with Crippen LogP contribution < -0.4 is 5.56 Å². The maximum atomic E-state index is 13.2. The van der Waals surface area contributed by atoms with E-state index in [0.717, 1.165) is 29.0 Å². The van der Waals surface area contributed by atoms with E-state index in [1.165, 1.54) is 36.4 Å². The molecule has 1 amide bonds. The second kappa shape index (κ2) is 7.75. The van der Waals surface area contributed by atoms with Gasteiger partial charge in [-0.3, -0.25) is 14.0 Å². The van der Waals surface area contributed by atoms with Gasteiger partial charge in [0.25, 0.3) is 11.5 Å². The Morgan fingerprint density at radius 3 is 2.52 bits per heavy atom. The summed E-state index contributed by atoms with van der Waals surface area (Å²) in [6.45, 7) is 1.12. The standard InChI is InChI=1S/C22H19FN6O2/c23-16-4-6-17(7-5-16)29-20(30)9-8-18(26-29)22(31)27-13-10-15(11-14-27)21-25-24-19-3-1-2-12-28(19)21/h1-9,12,15H,10-11,13-14H2. The largest absolute Gasteiger partial charge is 0.337 e. The Kier molecular flexibility index (Phi) is 4.78. The molecule has 0 spiro atoms. The Labute approximate surface area is 176 Å². The fourth-order valence-corrected chi connectivity index (χ4v) is 3.93. The molecule has 0 atom stereocenters. The van der Waals surface area contributed by atoms with E-state index in [1.54, 1.807) is 4.90 Å². The number of aromatic nitrogens is 5. The van der Waals surface area contributed by atoms with Gasteiger partial charge in [-0.15, -0.1) is 10.2 Å². The number of halogens is 1. The summed E-state index contributed by atoms with van der Waals surface area (Å²) < 4.78 is 16.3. The highest BCUT2D eigenvalue weighted by molar-refractivity contribution is 5.92. The second-order valence-corrected chi connectivity index (χ2v) is 7.50. The molecule has 8 nitrogen and oxygen atoms in total. The van der Waals surface area contributed by atoms with Crippen LogP contribution in [0.15, 0.2) is 65.6 Å². The van der Waals surface area contributed by atoms with Crippen LogP contribution in [0.5, 0.6) is 0 Å². The number of hydrogen-bond donors (Lipinski definition) is 0. The smallest absolute Gasteiger partial charge is 0.274 e. The monoisotopic (exact) mass is 418 g/mol. The first-order valence-electron chi connectivity index (χ1n) is 10.1. The number of fused-ring (bicyclic) bond motifs is 1. The number of amides is 1. The lowest BCUT2D eigenvalue weighted by Crippen LogP contribution is -2.39. The van der Waals surface area contributed by atoms with E-state index >= 15 is 0 Å². The van der Waals surface area contributed by atoms with Crippen LogP contribution in [-0.2, 0) is 0 Å². The first kappa shape index (κ1) is 19.1. The summed E-state index contributed by atoms with van der Waals surface area (Å²) in [5.41, 5.74) is 0.998. The molecule has 156 valence electrons. The topological polar surface area (TPSA) is 85.4 Å². The Bertz CT molecular complexity index is 1310. The van der Waals surface area contributed by atoms with Crippen LogP contribution in [0.25, 0.3) is 11.3 Å². The van der Waals surface area contributed by atoms with Crippen molar-refractivity contribution >= 4 is 11.6 Å². The summed E-state index contributed by atoms with van der Waals surface area (Å²) in [5, 5.41) is 12.8. The number of hydrogen-bond acceptors (Lipinski definition) is 5. The highest BCUT2D eigenvalue weighted by Crippen LogP contribution is 2.27. The van der Waals surface area contributed by atoms with Gasteiger partial charge in [-0.2, -0.15) is 9.78 Å². The third kappa shape index (κ3) is 3.58. The molecule has 1 fully saturated rings. The maximum Gasteiger partial charge on any atom is 0.274 e. The quantitative estimate of drug-likeness (QED) is 0.510. The predicted molar refractivity (Wildman–Crippen MR) is 111 cm³/mol. The Morgan fingerprint density at radius 1 is 0.968 bits per heavy atom. The van der Waals surface area contributed by atoms with Crippen LogP contribution in [0.1, 0.15) is 35.1 Å². The molecule has 0 aliphatic carbocycles. The highest BCUT2D eigenvalue weighted by Gasteiger charge is 2.28. The maximum absolute atomic E-state index is 13.2. The van der Waals surface area contributed by atoms with E-state index in [-0.39, 0.29) is 23.1 Å². The van der Waals surface area contributed by atoms with Gasteiger partial charge >= 0.3 is 0 Å². The van der Waals surface area contributed by atoms with Crippen molar-refractivity contribution in [2.24, 2.45) is 0 Å². The van der Waals surface area contributed by atoms with Crippen LogP contribution >= 0.6 is 0 Å². The summed E-state index contributed by atoms with van der Waals surface area (Å²) in [5.74, 6) is 0.473. The molecule has 0 unspecified atom stereocenters. The van der Waals surface area contributed by atoms with Crippen LogP contribution in [0.2, 0.25) is 0 Å². The molecule has 1 aliphatic heterocycles. The van der Waals surface area contributed by atoms with Crippen molar-refractivity contribution in [1.82, 2.24) is 29.3 Å². The van der Waals surface area contributed by atoms with Crippen LogP contribution in [-0.4, -0.2) is 48.3 Å². The van der Waals surface area contributed by atoms with Gasteiger partial charge in [-0.05, 0) is 55.3 Å². The van der Waals surface area contributed by atoms with Crippen molar-refractivity contribution in [1.29, 1.82) is 0 Å². The van der Waals surface area contributed by atoms with E-state index in [4.69, 9.17) is 0 Å². The fourth-order valence-electron chi connectivity index (χ4n) is 3.93. The normalized spacial score (nSPS) is 14.8. The number of nitrogens with zero attached hydrogens (tertiary/aromatic N) is 6. The minimum atomic E-state index is -0.410. The molecule has 1 saturated heterocycles. The number of carbonyl (C=O) groups excluding carboxylic acids is 1. The zero-order valence-electron chi connectivity index (χ0n) is 16.6. The van der Waals surface area contributed by atoms with Crippen molar-refractivity contribution in [2.75, 3.05) is 13.1 Å². The zero-order chi connectivity index (χ0) is 21.4. The first-order valence-corrected chi connectivity index (χ1v) is 10.1. The third-order valence-electron chi connectivity index (χ3n) is 5.58. The lowest BCUT2D eigenvalue weighted by molar-refractivity contribution is 0.0703. The van der Waals surface area contributed by atoms with E-state index in [9.17, 15) is 14.0 Å². The van der Waals surface area contributed by atoms with Gasteiger partial charge in [0.15, 0.2) is 5.65 Å². The molecule has 0 saturated carbocycles. The van der Waals surface area contributed by atoms with Crippen molar-refractivity contribution in [2.45, 2.75) is 18.8 Å². The Morgan fingerprint density at radius 2 is 1.74 bits per heavy atom. The van der Waals surface area contributed by atoms with Gasteiger partial charge in [-0.25, -0.2) is 4.39 Å². The minimum Gasteiger partial charge on any atom is -0.337 e. The van der Waals surface area contributed by atoms with Crippen LogP contribution in [0, 0.1) is 5.82 Å². The van der Waals surface area contributed by atoms with Gasteiger partial charge in [0.2, 0.25) is 0 Å². The Hall–Kier alpha value is -3.88. The summed E-state index contributed by atoms with van der Waals surface area (Å²) in [7, 11) is 0. The summed E-state index contributed by atoms with van der Waals surface area (Å²) in [6, 6.07) is 13.9. The molecule has 4 heterocycles. The predicted octanol–water partition coefficient (Wildman–Crippen LogP) is 2.43. The first-order chi connectivity index (χ1) is 15.1. The van der Waals surface area contributed by atoms with Crippen molar-refractivity contribution in [3.05, 3.63) is 88.5 Å². The minimum absolute atomic E-state index is 0.176. The lowest BCUT2D eigenvalue weighted by atomic mass is 9.95. The SMILES string of the molecule is O=C(c1ccc(=O)n(-c2ccc(F)cc2)n1)N1CCC(c2nnc3ccccn23)CC1. The lowest BCUT2D eigenvalue weighted by Gasteiger charge is -2.31. The zero-order valence-corrected chi connectivity index (χ0v) is 16.6. The van der Waals surface area contributed by atoms with Gasteiger partial charge < -0.3 is 4.90 Å². The van der Waals surface area contributed by atoms with Gasteiger partial charge in [0, 0.05) is 31.3 Å². The molecule has 0 N–H and O–H groups in total. The number of likely N-dealkylation sites (tertiary alicyclic amines) is 1.